The second-order valence-corrected chi connectivity index (χ2v) is 4.64. The number of benzene rings is 1. The van der Waals surface area contributed by atoms with Crippen molar-refractivity contribution in [2.24, 2.45) is 0 Å². The van der Waals surface area contributed by atoms with Gasteiger partial charge in [0.05, 0.1) is 6.61 Å². The van der Waals surface area contributed by atoms with Gasteiger partial charge in [0, 0.05) is 18.5 Å². The maximum absolute atomic E-state index is 14.8. The van der Waals surface area contributed by atoms with E-state index in [2.05, 4.69) is 5.32 Å². The number of rotatable bonds is 1. The fraction of sp³-hybridized carbons (Fsp3) is 0.538. The molecule has 2 nitrogen and oxygen atoms in total. The lowest BCUT2D eigenvalue weighted by molar-refractivity contribution is 0.118. The summed E-state index contributed by atoms with van der Waals surface area (Å²) in [6.45, 7) is 2.02. The Labute approximate surface area is 94.8 Å². The lowest BCUT2D eigenvalue weighted by atomic mass is 9.87. The van der Waals surface area contributed by atoms with E-state index in [1.54, 1.807) is 0 Å². The third kappa shape index (κ3) is 1.50. The Morgan fingerprint density at radius 3 is 3.12 bits per heavy atom. The van der Waals surface area contributed by atoms with E-state index in [0.717, 1.165) is 36.3 Å². The molecular weight excluding hydrogens is 205 g/mol. The van der Waals surface area contributed by atoms with Crippen LogP contribution in [0.4, 0.5) is 4.39 Å². The molecule has 0 aliphatic carbocycles. The fourth-order valence-electron chi connectivity index (χ4n) is 2.67. The van der Waals surface area contributed by atoms with E-state index in [1.807, 2.05) is 18.2 Å². The van der Waals surface area contributed by atoms with E-state index in [9.17, 15) is 4.39 Å². The molecule has 1 aromatic rings. The van der Waals surface area contributed by atoms with Gasteiger partial charge in [0.2, 0.25) is 0 Å². The molecule has 3 rings (SSSR count). The molecule has 0 spiro atoms. The number of para-hydroxylation sites is 1. The number of hydrogen-bond acceptors (Lipinski definition) is 2. The average molecular weight is 221 g/mol. The van der Waals surface area contributed by atoms with Gasteiger partial charge < -0.3 is 10.1 Å². The first-order valence-electron chi connectivity index (χ1n) is 5.94. The number of alkyl halides is 1. The zero-order valence-electron chi connectivity index (χ0n) is 9.26. The number of nitrogens with one attached hydrogen (secondary N) is 1. The van der Waals surface area contributed by atoms with Crippen LogP contribution in [0.2, 0.25) is 0 Å². The third-order valence-electron chi connectivity index (χ3n) is 3.53. The zero-order chi connectivity index (χ0) is 11.0. The van der Waals surface area contributed by atoms with Crippen molar-refractivity contribution in [3.8, 4) is 5.75 Å². The molecule has 1 saturated heterocycles. The van der Waals surface area contributed by atoms with Crippen LogP contribution in [-0.4, -0.2) is 19.7 Å². The summed E-state index contributed by atoms with van der Waals surface area (Å²) in [6, 6.07) is 5.85. The maximum Gasteiger partial charge on any atom is 0.151 e. The van der Waals surface area contributed by atoms with Gasteiger partial charge >= 0.3 is 0 Å². The van der Waals surface area contributed by atoms with Gasteiger partial charge in [-0.25, -0.2) is 4.39 Å². The molecule has 3 heteroatoms. The predicted molar refractivity (Wildman–Crippen MR) is 60.5 cm³/mol. The first-order chi connectivity index (χ1) is 7.80. The number of fused-ring (bicyclic) bond motifs is 1. The summed E-state index contributed by atoms with van der Waals surface area (Å²) >= 11 is 0. The first kappa shape index (κ1) is 10.1. The minimum absolute atomic E-state index is 0.410. The molecule has 1 aromatic carbocycles. The van der Waals surface area contributed by atoms with Crippen LogP contribution in [-0.2, 0) is 12.1 Å². The van der Waals surface area contributed by atoms with Crippen molar-refractivity contribution >= 4 is 0 Å². The lowest BCUT2D eigenvalue weighted by Gasteiger charge is -2.31. The summed E-state index contributed by atoms with van der Waals surface area (Å²) in [7, 11) is 0. The van der Waals surface area contributed by atoms with Crippen molar-refractivity contribution in [1.29, 1.82) is 0 Å². The van der Waals surface area contributed by atoms with Gasteiger partial charge in [-0.15, -0.1) is 0 Å². The molecule has 1 unspecified atom stereocenters. The van der Waals surface area contributed by atoms with Crippen molar-refractivity contribution in [1.82, 2.24) is 5.32 Å². The fourth-order valence-corrected chi connectivity index (χ4v) is 2.67. The topological polar surface area (TPSA) is 21.3 Å². The van der Waals surface area contributed by atoms with Gasteiger partial charge in [-0.2, -0.15) is 0 Å². The molecule has 2 aliphatic rings. The first-order valence-corrected chi connectivity index (χ1v) is 5.94. The second-order valence-electron chi connectivity index (χ2n) is 4.64. The maximum atomic E-state index is 14.8. The van der Waals surface area contributed by atoms with Crippen molar-refractivity contribution in [3.05, 3.63) is 29.3 Å². The van der Waals surface area contributed by atoms with E-state index in [1.165, 1.54) is 0 Å². The molecule has 86 valence electrons. The quantitative estimate of drug-likeness (QED) is 0.784. The Bertz CT molecular complexity index is 399. The third-order valence-corrected chi connectivity index (χ3v) is 3.53. The SMILES string of the molecule is FC1(c2cccc3c2OCC3)CCCNC1. The summed E-state index contributed by atoms with van der Waals surface area (Å²) < 4.78 is 20.4. The molecule has 2 aliphatic heterocycles. The second kappa shape index (κ2) is 3.74. The molecule has 0 saturated carbocycles. The predicted octanol–water partition coefficient (Wildman–Crippen LogP) is 2.17. The molecule has 0 amide bonds. The van der Waals surface area contributed by atoms with Crippen LogP contribution in [0.25, 0.3) is 0 Å². The summed E-state index contributed by atoms with van der Waals surface area (Å²) in [4.78, 5) is 0. The van der Waals surface area contributed by atoms with Crippen LogP contribution >= 0.6 is 0 Å². The highest BCUT2D eigenvalue weighted by Crippen LogP contribution is 2.41. The minimum atomic E-state index is -1.24. The highest BCUT2D eigenvalue weighted by Gasteiger charge is 2.37. The molecule has 2 heterocycles. The van der Waals surface area contributed by atoms with E-state index in [0.29, 0.717) is 19.6 Å². The Morgan fingerprint density at radius 1 is 1.38 bits per heavy atom. The Kier molecular flexibility index (Phi) is 2.36. The van der Waals surface area contributed by atoms with Gasteiger partial charge in [-0.1, -0.05) is 18.2 Å². The molecule has 0 aromatic heterocycles. The molecule has 1 fully saturated rings. The molecule has 0 radical (unpaired) electrons. The Balaban J connectivity index is 2.02. The highest BCUT2D eigenvalue weighted by molar-refractivity contribution is 5.47. The standard InChI is InChI=1S/C13H16FNO/c14-13(6-2-7-15-9-13)11-4-1-3-10-5-8-16-12(10)11/h1,3-4,15H,2,5-9H2. The Hall–Kier alpha value is -1.09. The van der Waals surface area contributed by atoms with E-state index >= 15 is 0 Å². The summed E-state index contributed by atoms with van der Waals surface area (Å²) in [5, 5.41) is 3.13. The number of piperidine rings is 1. The summed E-state index contributed by atoms with van der Waals surface area (Å²) in [5.74, 6) is 0.800. The van der Waals surface area contributed by atoms with Crippen molar-refractivity contribution in [2.75, 3.05) is 19.7 Å². The van der Waals surface area contributed by atoms with Crippen molar-refractivity contribution in [2.45, 2.75) is 24.9 Å². The van der Waals surface area contributed by atoms with Gasteiger partial charge in [-0.05, 0) is 24.9 Å². The Morgan fingerprint density at radius 2 is 2.31 bits per heavy atom. The summed E-state index contributed by atoms with van der Waals surface area (Å²) in [5.41, 5.74) is 0.656. The van der Waals surface area contributed by atoms with Crippen LogP contribution in [0, 0.1) is 0 Å². The van der Waals surface area contributed by atoms with Gasteiger partial charge in [0.15, 0.2) is 5.67 Å². The zero-order valence-corrected chi connectivity index (χ0v) is 9.26. The number of hydrogen-bond donors (Lipinski definition) is 1. The summed E-state index contributed by atoms with van der Waals surface area (Å²) in [6.07, 6.45) is 2.40. The normalized spacial score (nSPS) is 28.6. The van der Waals surface area contributed by atoms with E-state index in [-0.39, 0.29) is 0 Å². The molecule has 1 atom stereocenters. The van der Waals surface area contributed by atoms with Crippen molar-refractivity contribution in [3.63, 3.8) is 0 Å². The van der Waals surface area contributed by atoms with Crippen LogP contribution in [0.1, 0.15) is 24.0 Å². The average Bonchev–Trinajstić information content (AvgIpc) is 2.77. The number of halogens is 1. The highest BCUT2D eigenvalue weighted by atomic mass is 19.1. The van der Waals surface area contributed by atoms with Gasteiger partial charge in [0.1, 0.15) is 5.75 Å². The van der Waals surface area contributed by atoms with Crippen molar-refractivity contribution < 1.29 is 9.13 Å². The molecular formula is C13H16FNO. The molecule has 16 heavy (non-hydrogen) atoms. The smallest absolute Gasteiger partial charge is 0.151 e. The molecule has 1 N–H and O–H groups in total. The van der Waals surface area contributed by atoms with E-state index < -0.39 is 5.67 Å². The minimum Gasteiger partial charge on any atom is -0.493 e. The largest absolute Gasteiger partial charge is 0.493 e. The monoisotopic (exact) mass is 221 g/mol. The lowest BCUT2D eigenvalue weighted by Crippen LogP contribution is -2.40. The number of ether oxygens (including phenoxy) is 1. The van der Waals surface area contributed by atoms with Crippen LogP contribution < -0.4 is 10.1 Å². The van der Waals surface area contributed by atoms with Crippen LogP contribution in [0.3, 0.4) is 0 Å². The molecule has 0 bridgehead atoms. The van der Waals surface area contributed by atoms with Gasteiger partial charge in [-0.3, -0.25) is 0 Å². The van der Waals surface area contributed by atoms with Crippen LogP contribution in [0.15, 0.2) is 18.2 Å². The van der Waals surface area contributed by atoms with Gasteiger partial charge in [0.25, 0.3) is 0 Å². The van der Waals surface area contributed by atoms with E-state index in [4.69, 9.17) is 4.74 Å². The van der Waals surface area contributed by atoms with Crippen LogP contribution in [0.5, 0.6) is 5.75 Å².